The molecule has 3 N–H and O–H groups in total. The number of amides is 1. The topological polar surface area (TPSA) is 93.3 Å². The number of aliphatic imine (C=N–C) groups is 1. The summed E-state index contributed by atoms with van der Waals surface area (Å²) in [4.78, 5) is 25.8. The highest BCUT2D eigenvalue weighted by molar-refractivity contribution is 6.08. The number of nitrogens with one attached hydrogen (secondary N) is 1. The van der Waals surface area contributed by atoms with Crippen LogP contribution in [0.5, 0.6) is 0 Å². The number of rotatable bonds is 2. The Kier molecular flexibility index (Phi) is 3.64. The first-order valence-corrected chi connectivity index (χ1v) is 8.66. The minimum absolute atomic E-state index is 0.0766. The molecule has 1 aromatic heterocycles. The summed E-state index contributed by atoms with van der Waals surface area (Å²) in [5.41, 5.74) is 10.1. The van der Waals surface area contributed by atoms with Gasteiger partial charge in [-0.3, -0.25) is 9.79 Å². The maximum atomic E-state index is 13.0. The van der Waals surface area contributed by atoms with Crippen molar-refractivity contribution in [1.82, 2.24) is 15.3 Å². The third-order valence-corrected chi connectivity index (χ3v) is 5.60. The highest BCUT2D eigenvalue weighted by atomic mass is 16.1. The number of carbonyl (C=O) groups excluding carboxylic acids is 1. The molecule has 1 amide bonds. The molecular weight excluding hydrogens is 326 g/mol. The largest absolute Gasteiger partial charge is 0.383 e. The number of fused-ring (bicyclic) bond motifs is 2. The van der Waals surface area contributed by atoms with Crippen molar-refractivity contribution in [2.45, 2.75) is 33.2 Å². The molecule has 1 aliphatic carbocycles. The van der Waals surface area contributed by atoms with Crippen molar-refractivity contribution < 1.29 is 4.79 Å². The van der Waals surface area contributed by atoms with Crippen LogP contribution in [0, 0.1) is 5.41 Å². The Morgan fingerprint density at radius 2 is 2.15 bits per heavy atom. The lowest BCUT2D eigenvalue weighted by atomic mass is 9.75. The molecule has 0 fully saturated rings. The second-order valence-corrected chi connectivity index (χ2v) is 7.22. The Bertz CT molecular complexity index is 1020. The summed E-state index contributed by atoms with van der Waals surface area (Å²) in [6.07, 6.45) is 6.11. The van der Waals surface area contributed by atoms with Crippen molar-refractivity contribution in [3.63, 3.8) is 0 Å². The third kappa shape index (κ3) is 2.33. The summed E-state index contributed by atoms with van der Waals surface area (Å²) in [7, 11) is 0. The van der Waals surface area contributed by atoms with Crippen LogP contribution in [0.15, 0.2) is 52.4 Å². The molecule has 1 unspecified atom stereocenters. The summed E-state index contributed by atoms with van der Waals surface area (Å²) >= 11 is 0. The van der Waals surface area contributed by atoms with Gasteiger partial charge in [-0.1, -0.05) is 13.0 Å². The highest BCUT2D eigenvalue weighted by Crippen LogP contribution is 2.49. The molecule has 0 saturated carbocycles. The predicted octanol–water partition coefficient (Wildman–Crippen LogP) is 3.03. The van der Waals surface area contributed by atoms with E-state index in [2.05, 4.69) is 41.0 Å². The Balaban J connectivity index is 1.72. The van der Waals surface area contributed by atoms with Crippen LogP contribution in [0.25, 0.3) is 10.9 Å². The van der Waals surface area contributed by atoms with Gasteiger partial charge in [-0.15, -0.1) is 0 Å². The van der Waals surface area contributed by atoms with Crippen LogP contribution < -0.4 is 11.1 Å². The number of dihydropyridines is 1. The van der Waals surface area contributed by atoms with Crippen molar-refractivity contribution in [3.8, 4) is 0 Å². The van der Waals surface area contributed by atoms with Crippen LogP contribution in [-0.4, -0.2) is 28.1 Å². The molecule has 2 aromatic rings. The van der Waals surface area contributed by atoms with Gasteiger partial charge in [0, 0.05) is 22.7 Å². The first kappa shape index (κ1) is 16.4. The molecular formula is C20H21N5O. The van der Waals surface area contributed by atoms with Crippen molar-refractivity contribution in [1.29, 1.82) is 0 Å². The van der Waals surface area contributed by atoms with Crippen LogP contribution in [0.2, 0.25) is 0 Å². The Morgan fingerprint density at radius 3 is 2.96 bits per heavy atom. The van der Waals surface area contributed by atoms with Gasteiger partial charge in [-0.2, -0.15) is 0 Å². The summed E-state index contributed by atoms with van der Waals surface area (Å²) in [5, 5.41) is 3.79. The van der Waals surface area contributed by atoms with Gasteiger partial charge >= 0.3 is 0 Å². The van der Waals surface area contributed by atoms with E-state index in [0.717, 1.165) is 17.7 Å². The fraction of sp³-hybridized carbons (Fsp3) is 0.300. The minimum Gasteiger partial charge on any atom is -0.383 e. The van der Waals surface area contributed by atoms with Gasteiger partial charge < -0.3 is 11.1 Å². The molecule has 2 heterocycles. The van der Waals surface area contributed by atoms with E-state index in [-0.39, 0.29) is 17.4 Å². The number of benzene rings is 1. The molecule has 0 spiro atoms. The summed E-state index contributed by atoms with van der Waals surface area (Å²) < 4.78 is 0. The molecule has 132 valence electrons. The number of aromatic nitrogens is 2. The maximum absolute atomic E-state index is 13.0. The summed E-state index contributed by atoms with van der Waals surface area (Å²) in [6.45, 7) is 6.39. The standard InChI is InChI=1S/C20H21N5O/c1-11-9-20(3)12(2)22-8-7-15(20)16(11)25-19(26)14-6-4-5-13-17(14)23-10-24-18(13)21/h4-8,10,12H,9H2,1-3H3,(H,25,26)(H2,21,23,24)/t12-,20?/m0/s1. The van der Waals surface area contributed by atoms with E-state index in [4.69, 9.17) is 5.73 Å². The molecule has 0 bridgehead atoms. The quantitative estimate of drug-likeness (QED) is 0.873. The van der Waals surface area contributed by atoms with Crippen molar-refractivity contribution in [2.75, 3.05) is 5.73 Å². The third-order valence-electron chi connectivity index (χ3n) is 5.60. The molecule has 6 heteroatoms. The van der Waals surface area contributed by atoms with Gasteiger partial charge in [0.2, 0.25) is 0 Å². The van der Waals surface area contributed by atoms with Crippen LogP contribution in [0.4, 0.5) is 5.82 Å². The van der Waals surface area contributed by atoms with E-state index in [0.29, 0.717) is 22.3 Å². The number of anilines is 1. The van der Waals surface area contributed by atoms with Crippen LogP contribution in [-0.2, 0) is 0 Å². The Morgan fingerprint density at radius 1 is 1.35 bits per heavy atom. The minimum atomic E-state index is -0.191. The number of allylic oxidation sites excluding steroid dienone is 3. The summed E-state index contributed by atoms with van der Waals surface area (Å²) in [5.74, 6) is 0.178. The number of nitrogen functional groups attached to an aromatic ring is 1. The van der Waals surface area contributed by atoms with Gasteiger partial charge in [0.05, 0.1) is 17.1 Å². The highest BCUT2D eigenvalue weighted by Gasteiger charge is 2.43. The van der Waals surface area contributed by atoms with Crippen molar-refractivity contribution in [3.05, 3.63) is 53.0 Å². The molecule has 0 radical (unpaired) electrons. The van der Waals surface area contributed by atoms with E-state index in [1.165, 1.54) is 11.9 Å². The second-order valence-electron chi connectivity index (χ2n) is 7.22. The Hall–Kier alpha value is -3.02. The maximum Gasteiger partial charge on any atom is 0.257 e. The molecule has 0 saturated heterocycles. The first-order valence-electron chi connectivity index (χ1n) is 8.66. The average Bonchev–Trinajstić information content (AvgIpc) is 2.87. The predicted molar refractivity (Wildman–Crippen MR) is 103 cm³/mol. The summed E-state index contributed by atoms with van der Waals surface area (Å²) in [6, 6.07) is 5.55. The van der Waals surface area contributed by atoms with E-state index in [1.807, 2.05) is 18.4 Å². The lowest BCUT2D eigenvalue weighted by Gasteiger charge is -2.33. The molecule has 4 rings (SSSR count). The Labute approximate surface area is 151 Å². The average molecular weight is 347 g/mol. The van der Waals surface area contributed by atoms with Gasteiger partial charge in [0.25, 0.3) is 5.91 Å². The zero-order chi connectivity index (χ0) is 18.5. The van der Waals surface area contributed by atoms with Crippen molar-refractivity contribution in [2.24, 2.45) is 10.4 Å². The number of nitrogens with two attached hydrogens (primary N) is 1. The second kappa shape index (κ2) is 5.76. The van der Waals surface area contributed by atoms with E-state index < -0.39 is 0 Å². The van der Waals surface area contributed by atoms with E-state index in [1.54, 1.807) is 12.1 Å². The smallest absolute Gasteiger partial charge is 0.257 e. The normalized spacial score (nSPS) is 24.6. The monoisotopic (exact) mass is 347 g/mol. The molecule has 6 nitrogen and oxygen atoms in total. The van der Waals surface area contributed by atoms with Crippen LogP contribution in [0.3, 0.4) is 0 Å². The van der Waals surface area contributed by atoms with Crippen LogP contribution in [0.1, 0.15) is 37.6 Å². The number of para-hydroxylation sites is 1. The fourth-order valence-electron chi connectivity index (χ4n) is 3.95. The molecule has 1 aliphatic heterocycles. The van der Waals surface area contributed by atoms with E-state index >= 15 is 0 Å². The molecule has 26 heavy (non-hydrogen) atoms. The number of carbonyl (C=O) groups is 1. The van der Waals surface area contributed by atoms with Gasteiger partial charge in [-0.25, -0.2) is 9.97 Å². The van der Waals surface area contributed by atoms with Crippen LogP contribution >= 0.6 is 0 Å². The van der Waals surface area contributed by atoms with Crippen molar-refractivity contribution >= 4 is 28.8 Å². The SMILES string of the molecule is CC1=C(NC(=O)c2cccc3c(N)ncnc23)C2=CC=N[C@@H](C)C2(C)C1. The zero-order valence-electron chi connectivity index (χ0n) is 15.1. The fourth-order valence-corrected chi connectivity index (χ4v) is 3.95. The lowest BCUT2D eigenvalue weighted by Crippen LogP contribution is -2.33. The van der Waals surface area contributed by atoms with Gasteiger partial charge in [0.1, 0.15) is 12.1 Å². The van der Waals surface area contributed by atoms with Gasteiger partial charge in [0.15, 0.2) is 0 Å². The van der Waals surface area contributed by atoms with Gasteiger partial charge in [-0.05, 0) is 49.6 Å². The van der Waals surface area contributed by atoms with E-state index in [9.17, 15) is 4.79 Å². The number of hydrogen-bond donors (Lipinski definition) is 2. The number of hydrogen-bond acceptors (Lipinski definition) is 5. The first-order chi connectivity index (χ1) is 12.4. The molecule has 2 atom stereocenters. The lowest BCUT2D eigenvalue weighted by molar-refractivity contribution is 0.0967. The molecule has 2 aliphatic rings. The zero-order valence-corrected chi connectivity index (χ0v) is 15.1. The number of nitrogens with zero attached hydrogens (tertiary/aromatic N) is 3. The molecule has 1 aromatic carbocycles.